The number of hydrogen-bond acceptors (Lipinski definition) is 4. The summed E-state index contributed by atoms with van der Waals surface area (Å²) < 4.78 is 7.02. The van der Waals surface area contributed by atoms with Crippen molar-refractivity contribution in [3.63, 3.8) is 0 Å². The number of ketones is 1. The van der Waals surface area contributed by atoms with E-state index in [1.807, 2.05) is 42.8 Å². The Morgan fingerprint density at radius 1 is 1.29 bits per heavy atom. The topological polar surface area (TPSA) is 59.8 Å². The van der Waals surface area contributed by atoms with E-state index in [1.165, 1.54) is 6.92 Å². The zero-order valence-corrected chi connectivity index (χ0v) is 12.5. The number of ether oxygens (including phenoxy) is 1. The van der Waals surface area contributed by atoms with Crippen LogP contribution in [0.15, 0.2) is 36.7 Å². The predicted octanol–water partition coefficient (Wildman–Crippen LogP) is 2.26. The van der Waals surface area contributed by atoms with Crippen molar-refractivity contribution in [2.75, 3.05) is 6.54 Å². The van der Waals surface area contributed by atoms with Crippen molar-refractivity contribution in [2.45, 2.75) is 27.0 Å². The molecule has 0 radical (unpaired) electrons. The monoisotopic (exact) mass is 288 g/mol. The Labute approximate surface area is 123 Å². The molecule has 0 fully saturated rings. The molecule has 0 bridgehead atoms. The third-order valence-corrected chi connectivity index (χ3v) is 3.05. The lowest BCUT2D eigenvalue weighted by molar-refractivity contribution is -0.145. The van der Waals surface area contributed by atoms with Crippen LogP contribution in [0.5, 0.6) is 0 Å². The summed E-state index contributed by atoms with van der Waals surface area (Å²) in [7, 11) is 0. The molecule has 0 aliphatic rings. The Hall–Kier alpha value is -2.14. The Kier molecular flexibility index (Phi) is 4.75. The van der Waals surface area contributed by atoms with Crippen LogP contribution in [0.1, 0.15) is 31.1 Å². The second kappa shape index (κ2) is 6.54. The maximum atomic E-state index is 12.5. The molecule has 2 aromatic heterocycles. The average Bonchev–Trinajstić information content (AvgIpc) is 2.89. The van der Waals surface area contributed by atoms with Crippen LogP contribution < -0.4 is 5.32 Å². The van der Waals surface area contributed by atoms with Gasteiger partial charge < -0.3 is 9.14 Å². The van der Waals surface area contributed by atoms with Gasteiger partial charge >= 0.3 is 5.97 Å². The number of rotatable bonds is 6. The van der Waals surface area contributed by atoms with Crippen LogP contribution in [-0.4, -0.2) is 28.9 Å². The number of fused-ring (bicyclic) bond motifs is 1. The standard InChI is InChI=1S/C16H20N2O3/c1-11(2)10-17-16(21-12(3)19)15(20)13-6-8-18-7-4-5-14(18)9-13/h4-9,11,16-17H,10H2,1-3H3. The van der Waals surface area contributed by atoms with Gasteiger partial charge in [0.15, 0.2) is 0 Å². The molecule has 21 heavy (non-hydrogen) atoms. The summed E-state index contributed by atoms with van der Waals surface area (Å²) in [5, 5.41) is 2.99. The number of carbonyl (C=O) groups is 2. The van der Waals surface area contributed by atoms with Gasteiger partial charge in [-0.3, -0.25) is 14.9 Å². The number of nitrogens with zero attached hydrogens (tertiary/aromatic N) is 1. The van der Waals surface area contributed by atoms with Crippen LogP contribution in [0.2, 0.25) is 0 Å². The van der Waals surface area contributed by atoms with Gasteiger partial charge in [-0.05, 0) is 30.2 Å². The largest absolute Gasteiger partial charge is 0.439 e. The quantitative estimate of drug-likeness (QED) is 0.503. The van der Waals surface area contributed by atoms with E-state index in [1.54, 1.807) is 12.1 Å². The number of pyridine rings is 1. The fourth-order valence-corrected chi connectivity index (χ4v) is 2.03. The van der Waals surface area contributed by atoms with Crippen molar-refractivity contribution in [1.29, 1.82) is 0 Å². The van der Waals surface area contributed by atoms with E-state index >= 15 is 0 Å². The van der Waals surface area contributed by atoms with Crippen LogP contribution in [0, 0.1) is 5.92 Å². The zero-order chi connectivity index (χ0) is 15.4. The molecule has 0 saturated heterocycles. The third kappa shape index (κ3) is 3.92. The maximum Gasteiger partial charge on any atom is 0.304 e. The lowest BCUT2D eigenvalue weighted by atomic mass is 10.1. The van der Waals surface area contributed by atoms with Gasteiger partial charge in [0, 0.05) is 36.9 Å². The summed E-state index contributed by atoms with van der Waals surface area (Å²) in [5.41, 5.74) is 1.44. The Morgan fingerprint density at radius 3 is 2.71 bits per heavy atom. The lowest BCUT2D eigenvalue weighted by Gasteiger charge is -2.18. The molecule has 1 atom stereocenters. The van der Waals surface area contributed by atoms with Gasteiger partial charge in [0.2, 0.25) is 12.0 Å². The first-order valence-corrected chi connectivity index (χ1v) is 6.99. The smallest absolute Gasteiger partial charge is 0.304 e. The van der Waals surface area contributed by atoms with E-state index in [0.717, 1.165) is 5.52 Å². The molecular weight excluding hydrogens is 268 g/mol. The normalized spacial score (nSPS) is 12.6. The molecule has 5 heteroatoms. The van der Waals surface area contributed by atoms with Gasteiger partial charge in [0.05, 0.1) is 0 Å². The van der Waals surface area contributed by atoms with Gasteiger partial charge in [-0.15, -0.1) is 0 Å². The summed E-state index contributed by atoms with van der Waals surface area (Å²) in [4.78, 5) is 23.7. The third-order valence-electron chi connectivity index (χ3n) is 3.05. The summed E-state index contributed by atoms with van der Waals surface area (Å²) in [6, 6.07) is 7.34. The average molecular weight is 288 g/mol. The Balaban J connectivity index is 2.20. The molecule has 0 amide bonds. The molecule has 0 aliphatic heterocycles. The van der Waals surface area contributed by atoms with Gasteiger partial charge in [0.25, 0.3) is 0 Å². The van der Waals surface area contributed by atoms with Crippen molar-refractivity contribution in [1.82, 2.24) is 9.72 Å². The van der Waals surface area contributed by atoms with Crippen LogP contribution in [0.3, 0.4) is 0 Å². The fraction of sp³-hybridized carbons (Fsp3) is 0.375. The number of carbonyl (C=O) groups excluding carboxylic acids is 2. The first-order chi connectivity index (χ1) is 9.97. The highest BCUT2D eigenvalue weighted by Crippen LogP contribution is 2.11. The highest BCUT2D eigenvalue weighted by molar-refractivity contribution is 6.00. The molecule has 1 unspecified atom stereocenters. The second-order valence-corrected chi connectivity index (χ2v) is 5.41. The van der Waals surface area contributed by atoms with Crippen molar-refractivity contribution < 1.29 is 14.3 Å². The minimum Gasteiger partial charge on any atom is -0.439 e. The van der Waals surface area contributed by atoms with Crippen LogP contribution >= 0.6 is 0 Å². The second-order valence-electron chi connectivity index (χ2n) is 5.41. The molecule has 0 aliphatic carbocycles. The predicted molar refractivity (Wildman–Crippen MR) is 80.1 cm³/mol. The lowest BCUT2D eigenvalue weighted by Crippen LogP contribution is -2.42. The van der Waals surface area contributed by atoms with Crippen molar-refractivity contribution >= 4 is 17.3 Å². The number of nitrogens with one attached hydrogen (secondary N) is 1. The van der Waals surface area contributed by atoms with Gasteiger partial charge in [-0.25, -0.2) is 0 Å². The van der Waals surface area contributed by atoms with E-state index in [4.69, 9.17) is 4.74 Å². The molecule has 0 spiro atoms. The number of hydrogen-bond donors (Lipinski definition) is 1. The SMILES string of the molecule is CC(=O)OC(NCC(C)C)C(=O)c1ccn2cccc2c1. The molecule has 5 nitrogen and oxygen atoms in total. The van der Waals surface area contributed by atoms with Gasteiger partial charge in [-0.2, -0.15) is 0 Å². The summed E-state index contributed by atoms with van der Waals surface area (Å²) in [5.74, 6) is -0.369. The number of esters is 1. The molecule has 2 rings (SSSR count). The molecule has 0 aromatic carbocycles. The maximum absolute atomic E-state index is 12.5. The van der Waals surface area contributed by atoms with Crippen molar-refractivity contribution in [3.05, 3.63) is 42.2 Å². The molecule has 2 aromatic rings. The van der Waals surface area contributed by atoms with Crippen LogP contribution in [0.4, 0.5) is 0 Å². The molecular formula is C16H20N2O3. The van der Waals surface area contributed by atoms with E-state index < -0.39 is 12.2 Å². The first kappa shape index (κ1) is 15.3. The van der Waals surface area contributed by atoms with E-state index in [9.17, 15) is 9.59 Å². The number of aromatic nitrogens is 1. The van der Waals surface area contributed by atoms with Crippen molar-refractivity contribution in [2.24, 2.45) is 5.92 Å². The highest BCUT2D eigenvalue weighted by Gasteiger charge is 2.23. The Bertz CT molecular complexity index is 646. The van der Waals surface area contributed by atoms with Crippen LogP contribution in [-0.2, 0) is 9.53 Å². The van der Waals surface area contributed by atoms with Gasteiger partial charge in [0.1, 0.15) is 0 Å². The Morgan fingerprint density at radius 2 is 2.05 bits per heavy atom. The zero-order valence-electron chi connectivity index (χ0n) is 12.5. The molecule has 1 N–H and O–H groups in total. The summed E-state index contributed by atoms with van der Waals surface area (Å²) in [6.45, 7) is 5.94. The van der Waals surface area contributed by atoms with E-state index in [2.05, 4.69) is 5.32 Å². The van der Waals surface area contributed by atoms with Crippen LogP contribution in [0.25, 0.3) is 5.52 Å². The first-order valence-electron chi connectivity index (χ1n) is 6.99. The van der Waals surface area contributed by atoms with Gasteiger partial charge in [-0.1, -0.05) is 13.8 Å². The molecule has 2 heterocycles. The highest BCUT2D eigenvalue weighted by atomic mass is 16.6. The molecule has 112 valence electrons. The minimum absolute atomic E-state index is 0.241. The molecule has 0 saturated carbocycles. The number of Topliss-reactive ketones (excluding diaryl/α,β-unsaturated/α-hetero) is 1. The van der Waals surface area contributed by atoms with E-state index in [-0.39, 0.29) is 5.78 Å². The summed E-state index contributed by atoms with van der Waals surface area (Å²) >= 11 is 0. The van der Waals surface area contributed by atoms with Crippen molar-refractivity contribution in [3.8, 4) is 0 Å². The fourth-order valence-electron chi connectivity index (χ4n) is 2.03. The summed E-state index contributed by atoms with van der Waals surface area (Å²) in [6.07, 6.45) is 2.78. The van der Waals surface area contributed by atoms with E-state index in [0.29, 0.717) is 18.0 Å². The minimum atomic E-state index is -0.942.